The lowest BCUT2D eigenvalue weighted by Gasteiger charge is -2.26. The first-order valence-corrected chi connectivity index (χ1v) is 9.02. The quantitative estimate of drug-likeness (QED) is 0.468. The van der Waals surface area contributed by atoms with Crippen molar-refractivity contribution in [3.05, 3.63) is 41.6 Å². The van der Waals surface area contributed by atoms with Crippen LogP contribution in [0.5, 0.6) is 0 Å². The number of nitrogens with zero attached hydrogens (tertiary/aromatic N) is 1. The molecule has 1 aliphatic carbocycles. The molecule has 1 aliphatic heterocycles. The Morgan fingerprint density at radius 2 is 2.33 bits per heavy atom. The molecule has 3 rings (SSSR count). The Bertz CT molecular complexity index is 769. The molecule has 1 aromatic rings. The molecule has 0 saturated carbocycles. The molecule has 8 heteroatoms. The summed E-state index contributed by atoms with van der Waals surface area (Å²) in [6.45, 7) is 0.715. The number of amides is 2. The standard InChI is InChI=1S/C19H25N5O3/c1-26-18(21)13-11-22-16(10-14(13)20)23-19(25)24-17(15-8-5-9-27-15)12-6-3-2-4-7-12/h3,6-7,10-11,15,17,21H,2,4-5,8-9H2,1H3,(H4,20,22,23,24,25)/t15-,17-/m0/s1. The van der Waals surface area contributed by atoms with E-state index in [0.29, 0.717) is 23.7 Å². The number of carbonyl (C=O) groups excluding carboxylic acids is 1. The SMILES string of the molecule is COC(=N)c1cnc(NC(=O)N[C@@H](C2=CCCC=C2)[C@@H]2CCCO2)cc1N. The number of ether oxygens (including phenoxy) is 2. The van der Waals surface area contributed by atoms with E-state index in [-0.39, 0.29) is 24.1 Å². The second-order valence-corrected chi connectivity index (χ2v) is 6.50. The van der Waals surface area contributed by atoms with E-state index in [0.717, 1.165) is 31.3 Å². The molecule has 0 radical (unpaired) electrons. The number of urea groups is 1. The molecule has 2 atom stereocenters. The molecule has 1 aromatic heterocycles. The van der Waals surface area contributed by atoms with Crippen molar-refractivity contribution in [3.8, 4) is 0 Å². The zero-order valence-corrected chi connectivity index (χ0v) is 15.3. The van der Waals surface area contributed by atoms with Crippen molar-refractivity contribution in [2.45, 2.75) is 37.8 Å². The number of rotatable bonds is 5. The van der Waals surface area contributed by atoms with Crippen molar-refractivity contribution in [2.75, 3.05) is 24.8 Å². The van der Waals surface area contributed by atoms with Crippen LogP contribution in [0.15, 0.2) is 36.1 Å². The lowest BCUT2D eigenvalue weighted by molar-refractivity contribution is 0.0918. The highest BCUT2D eigenvalue weighted by atomic mass is 16.5. The van der Waals surface area contributed by atoms with Gasteiger partial charge in [0.1, 0.15) is 5.82 Å². The Balaban J connectivity index is 1.69. The summed E-state index contributed by atoms with van der Waals surface area (Å²) in [5.41, 5.74) is 7.67. The number of carbonyl (C=O) groups is 1. The number of methoxy groups -OCH3 is 1. The van der Waals surface area contributed by atoms with E-state index >= 15 is 0 Å². The Morgan fingerprint density at radius 3 is 2.96 bits per heavy atom. The maximum absolute atomic E-state index is 12.5. The minimum absolute atomic E-state index is 0.0349. The summed E-state index contributed by atoms with van der Waals surface area (Å²) in [5.74, 6) is 0.224. The molecular formula is C19H25N5O3. The second kappa shape index (κ2) is 8.68. The van der Waals surface area contributed by atoms with E-state index in [1.54, 1.807) is 0 Å². The number of nitrogen functional groups attached to an aromatic ring is 1. The fourth-order valence-corrected chi connectivity index (χ4v) is 3.25. The molecule has 144 valence electrons. The predicted molar refractivity (Wildman–Crippen MR) is 104 cm³/mol. The topological polar surface area (TPSA) is 122 Å². The molecule has 0 spiro atoms. The van der Waals surface area contributed by atoms with Gasteiger partial charge in [0.15, 0.2) is 0 Å². The van der Waals surface area contributed by atoms with Gasteiger partial charge in [0.25, 0.3) is 0 Å². The minimum atomic E-state index is -0.378. The number of allylic oxidation sites excluding steroid dienone is 2. The predicted octanol–water partition coefficient (Wildman–Crippen LogP) is 2.58. The fourth-order valence-electron chi connectivity index (χ4n) is 3.25. The van der Waals surface area contributed by atoms with Crippen LogP contribution in [0.2, 0.25) is 0 Å². The van der Waals surface area contributed by atoms with Crippen LogP contribution in [-0.4, -0.2) is 42.8 Å². The number of anilines is 2. The van der Waals surface area contributed by atoms with E-state index in [1.807, 2.05) is 0 Å². The third-order valence-electron chi connectivity index (χ3n) is 4.63. The highest BCUT2D eigenvalue weighted by molar-refractivity contribution is 5.97. The van der Waals surface area contributed by atoms with Crippen molar-refractivity contribution >= 4 is 23.4 Å². The second-order valence-electron chi connectivity index (χ2n) is 6.50. The first-order valence-electron chi connectivity index (χ1n) is 9.02. The highest BCUT2D eigenvalue weighted by Gasteiger charge is 2.29. The van der Waals surface area contributed by atoms with Gasteiger partial charge in [-0.15, -0.1) is 0 Å². The number of aromatic nitrogens is 1. The van der Waals surface area contributed by atoms with Crippen molar-refractivity contribution in [2.24, 2.45) is 0 Å². The largest absolute Gasteiger partial charge is 0.481 e. The van der Waals surface area contributed by atoms with Gasteiger partial charge in [-0.05, 0) is 31.3 Å². The summed E-state index contributed by atoms with van der Waals surface area (Å²) in [7, 11) is 1.39. The summed E-state index contributed by atoms with van der Waals surface area (Å²) in [6, 6.07) is 0.919. The van der Waals surface area contributed by atoms with Crippen LogP contribution in [0.1, 0.15) is 31.2 Å². The van der Waals surface area contributed by atoms with Gasteiger partial charge < -0.3 is 20.5 Å². The van der Waals surface area contributed by atoms with Gasteiger partial charge in [0, 0.05) is 24.6 Å². The van der Waals surface area contributed by atoms with E-state index in [9.17, 15) is 4.79 Å². The van der Waals surface area contributed by atoms with Crippen LogP contribution in [0.25, 0.3) is 0 Å². The average molecular weight is 371 g/mol. The summed E-state index contributed by atoms with van der Waals surface area (Å²) in [4.78, 5) is 16.7. The number of pyridine rings is 1. The smallest absolute Gasteiger partial charge is 0.320 e. The monoisotopic (exact) mass is 371 g/mol. The van der Waals surface area contributed by atoms with E-state index in [1.165, 1.54) is 19.4 Å². The average Bonchev–Trinajstić information content (AvgIpc) is 3.21. The van der Waals surface area contributed by atoms with Gasteiger partial charge in [-0.25, -0.2) is 9.78 Å². The summed E-state index contributed by atoms with van der Waals surface area (Å²) < 4.78 is 10.7. The first kappa shape index (κ1) is 18.9. The lowest BCUT2D eigenvalue weighted by atomic mass is 9.95. The molecule has 0 aromatic carbocycles. The van der Waals surface area contributed by atoms with Gasteiger partial charge in [-0.2, -0.15) is 0 Å². The Hall–Kier alpha value is -2.87. The maximum Gasteiger partial charge on any atom is 0.320 e. The first-order chi connectivity index (χ1) is 13.1. The van der Waals surface area contributed by atoms with Gasteiger partial charge in [0.05, 0.1) is 24.8 Å². The van der Waals surface area contributed by atoms with Crippen LogP contribution in [0.3, 0.4) is 0 Å². The Labute approximate surface area is 158 Å². The molecule has 1 saturated heterocycles. The Morgan fingerprint density at radius 1 is 1.48 bits per heavy atom. The van der Waals surface area contributed by atoms with Crippen LogP contribution in [-0.2, 0) is 9.47 Å². The summed E-state index contributed by atoms with van der Waals surface area (Å²) in [6.07, 6.45) is 11.6. The van der Waals surface area contributed by atoms with Crippen LogP contribution >= 0.6 is 0 Å². The van der Waals surface area contributed by atoms with E-state index < -0.39 is 0 Å². The van der Waals surface area contributed by atoms with Crippen LogP contribution in [0, 0.1) is 5.41 Å². The molecule has 2 heterocycles. The lowest BCUT2D eigenvalue weighted by Crippen LogP contribution is -2.46. The van der Waals surface area contributed by atoms with E-state index in [4.69, 9.17) is 20.6 Å². The highest BCUT2D eigenvalue weighted by Crippen LogP contribution is 2.24. The van der Waals surface area contributed by atoms with Gasteiger partial charge in [-0.1, -0.05) is 18.2 Å². The molecular weight excluding hydrogens is 346 g/mol. The Kier molecular flexibility index (Phi) is 6.08. The number of hydrogen-bond donors (Lipinski definition) is 4. The van der Waals surface area contributed by atoms with Gasteiger partial charge in [0.2, 0.25) is 5.90 Å². The molecule has 1 fully saturated rings. The zero-order chi connectivity index (χ0) is 19.2. The maximum atomic E-state index is 12.5. The third kappa shape index (κ3) is 4.65. The van der Waals surface area contributed by atoms with Gasteiger partial charge in [-0.3, -0.25) is 10.7 Å². The molecule has 2 aliphatic rings. The number of nitrogens with two attached hydrogens (primary N) is 1. The number of nitrogens with one attached hydrogen (secondary N) is 3. The van der Waals surface area contributed by atoms with Crippen LogP contribution < -0.4 is 16.4 Å². The minimum Gasteiger partial charge on any atom is -0.481 e. The van der Waals surface area contributed by atoms with Gasteiger partial charge >= 0.3 is 6.03 Å². The molecule has 8 nitrogen and oxygen atoms in total. The summed E-state index contributed by atoms with van der Waals surface area (Å²) >= 11 is 0. The van der Waals surface area contributed by atoms with Crippen molar-refractivity contribution in [3.63, 3.8) is 0 Å². The fraction of sp³-hybridized carbons (Fsp3) is 0.421. The molecule has 0 bridgehead atoms. The van der Waals surface area contributed by atoms with Crippen molar-refractivity contribution < 1.29 is 14.3 Å². The molecule has 27 heavy (non-hydrogen) atoms. The normalized spacial score (nSPS) is 19.9. The zero-order valence-electron chi connectivity index (χ0n) is 15.3. The molecule has 5 N–H and O–H groups in total. The van der Waals surface area contributed by atoms with E-state index in [2.05, 4.69) is 33.8 Å². The third-order valence-corrected chi connectivity index (χ3v) is 4.63. The van der Waals surface area contributed by atoms with Crippen LogP contribution in [0.4, 0.5) is 16.3 Å². The number of hydrogen-bond acceptors (Lipinski definition) is 6. The summed E-state index contributed by atoms with van der Waals surface area (Å²) in [5, 5.41) is 13.4. The van der Waals surface area contributed by atoms with Crippen molar-refractivity contribution in [1.82, 2.24) is 10.3 Å². The van der Waals surface area contributed by atoms with Crippen molar-refractivity contribution in [1.29, 1.82) is 5.41 Å². The molecule has 0 unspecified atom stereocenters. The molecule has 2 amide bonds.